The summed E-state index contributed by atoms with van der Waals surface area (Å²) in [6.45, 7) is 4.93. The van der Waals surface area contributed by atoms with Crippen LogP contribution in [0.4, 0.5) is 0 Å². The zero-order valence-electron chi connectivity index (χ0n) is 14.2. The van der Waals surface area contributed by atoms with Crippen molar-refractivity contribution in [3.63, 3.8) is 0 Å². The molecule has 2 aromatic rings. The minimum absolute atomic E-state index is 0.0138. The maximum Gasteiger partial charge on any atom is 0.251 e. The summed E-state index contributed by atoms with van der Waals surface area (Å²) in [7, 11) is 0. The van der Waals surface area contributed by atoms with Crippen molar-refractivity contribution in [3.05, 3.63) is 46.4 Å². The first-order valence-corrected chi connectivity index (χ1v) is 9.48. The zero-order valence-corrected chi connectivity index (χ0v) is 15.0. The van der Waals surface area contributed by atoms with Crippen LogP contribution in [0.1, 0.15) is 49.2 Å². The predicted molar refractivity (Wildman–Crippen MR) is 96.3 cm³/mol. The van der Waals surface area contributed by atoms with Gasteiger partial charge >= 0.3 is 0 Å². The van der Waals surface area contributed by atoms with Crippen molar-refractivity contribution in [1.82, 2.24) is 10.3 Å². The molecule has 0 saturated heterocycles. The molecule has 1 fully saturated rings. The molecule has 3 atom stereocenters. The van der Waals surface area contributed by atoms with Crippen LogP contribution in [0.2, 0.25) is 0 Å². The average Bonchev–Trinajstić information content (AvgIpc) is 3.11. The largest absolute Gasteiger partial charge is 0.487 e. The van der Waals surface area contributed by atoms with E-state index in [1.54, 1.807) is 22.9 Å². The molecule has 0 radical (unpaired) electrons. The summed E-state index contributed by atoms with van der Waals surface area (Å²) in [6, 6.07) is 7.63. The minimum atomic E-state index is -0.0138. The predicted octanol–water partition coefficient (Wildman–Crippen LogP) is 4.28. The van der Waals surface area contributed by atoms with Gasteiger partial charge < -0.3 is 10.1 Å². The van der Waals surface area contributed by atoms with Gasteiger partial charge in [0, 0.05) is 17.0 Å². The fraction of sp³-hybridized carbons (Fsp3) is 0.474. The molecule has 1 aliphatic rings. The van der Waals surface area contributed by atoms with E-state index in [1.165, 1.54) is 12.8 Å². The van der Waals surface area contributed by atoms with Crippen LogP contribution in [0.25, 0.3) is 0 Å². The van der Waals surface area contributed by atoms with Gasteiger partial charge in [-0.1, -0.05) is 32.8 Å². The van der Waals surface area contributed by atoms with E-state index in [1.807, 2.05) is 23.6 Å². The van der Waals surface area contributed by atoms with Crippen molar-refractivity contribution < 1.29 is 9.53 Å². The Labute approximate surface area is 147 Å². The van der Waals surface area contributed by atoms with Gasteiger partial charge in [0.25, 0.3) is 5.91 Å². The molecule has 1 aliphatic carbocycles. The molecular formula is C19H24N2O2S. The number of benzene rings is 1. The molecule has 5 heteroatoms. The minimum Gasteiger partial charge on any atom is -0.487 e. The Bertz CT molecular complexity index is 672. The fourth-order valence-corrected chi connectivity index (χ4v) is 3.77. The van der Waals surface area contributed by atoms with Crippen molar-refractivity contribution in [2.24, 2.45) is 11.8 Å². The summed E-state index contributed by atoms with van der Waals surface area (Å²) in [5, 5.41) is 5.17. The van der Waals surface area contributed by atoms with Gasteiger partial charge in [0.1, 0.15) is 12.4 Å². The number of nitrogens with one attached hydrogen (secondary N) is 1. The molecule has 3 rings (SSSR count). The molecule has 1 saturated carbocycles. The first-order valence-electron chi connectivity index (χ1n) is 8.54. The van der Waals surface area contributed by atoms with Gasteiger partial charge in [-0.05, 0) is 36.5 Å². The lowest BCUT2D eigenvalue weighted by Crippen LogP contribution is -2.43. The van der Waals surface area contributed by atoms with E-state index in [-0.39, 0.29) is 11.9 Å². The monoisotopic (exact) mass is 344 g/mol. The van der Waals surface area contributed by atoms with Crippen molar-refractivity contribution in [3.8, 4) is 5.75 Å². The van der Waals surface area contributed by atoms with E-state index in [0.29, 0.717) is 29.8 Å². The molecule has 0 bridgehead atoms. The quantitative estimate of drug-likeness (QED) is 0.881. The summed E-state index contributed by atoms with van der Waals surface area (Å²) in [5.74, 6) is 1.87. The molecule has 1 heterocycles. The van der Waals surface area contributed by atoms with Crippen molar-refractivity contribution in [1.29, 1.82) is 0 Å². The highest BCUT2D eigenvalue weighted by Gasteiger charge is 2.28. The van der Waals surface area contributed by atoms with Crippen LogP contribution in [0, 0.1) is 11.8 Å². The van der Waals surface area contributed by atoms with Crippen LogP contribution in [-0.4, -0.2) is 16.9 Å². The van der Waals surface area contributed by atoms with Crippen LogP contribution in [0.15, 0.2) is 35.2 Å². The molecule has 24 heavy (non-hydrogen) atoms. The number of ether oxygens (including phenoxy) is 1. The first-order chi connectivity index (χ1) is 11.6. The van der Waals surface area contributed by atoms with Crippen LogP contribution >= 0.6 is 11.3 Å². The normalized spacial score (nSPS) is 23.7. The first kappa shape index (κ1) is 17.0. The summed E-state index contributed by atoms with van der Waals surface area (Å²) in [5.41, 5.74) is 3.34. The molecule has 128 valence electrons. The van der Waals surface area contributed by atoms with E-state index in [9.17, 15) is 4.79 Å². The Morgan fingerprint density at radius 2 is 2.25 bits per heavy atom. The molecule has 1 aromatic heterocycles. The van der Waals surface area contributed by atoms with Gasteiger partial charge in [-0.25, -0.2) is 4.98 Å². The summed E-state index contributed by atoms with van der Waals surface area (Å²) < 4.78 is 5.73. The van der Waals surface area contributed by atoms with E-state index < -0.39 is 0 Å². The number of thiazole rings is 1. The zero-order chi connectivity index (χ0) is 16.9. The number of aromatic nitrogens is 1. The van der Waals surface area contributed by atoms with Crippen molar-refractivity contribution in [2.75, 3.05) is 0 Å². The highest BCUT2D eigenvalue weighted by molar-refractivity contribution is 7.07. The second-order valence-electron chi connectivity index (χ2n) is 6.64. The molecule has 1 N–H and O–H groups in total. The lowest BCUT2D eigenvalue weighted by Gasteiger charge is -2.34. The van der Waals surface area contributed by atoms with Gasteiger partial charge in [0.05, 0.1) is 11.2 Å². The number of carbonyl (C=O) groups excluding carboxylic acids is 1. The molecule has 4 nitrogen and oxygen atoms in total. The Kier molecular flexibility index (Phi) is 5.51. The van der Waals surface area contributed by atoms with Crippen molar-refractivity contribution in [2.45, 2.75) is 45.8 Å². The molecular weight excluding hydrogens is 320 g/mol. The Morgan fingerprint density at radius 1 is 1.38 bits per heavy atom. The van der Waals surface area contributed by atoms with Crippen LogP contribution in [-0.2, 0) is 6.61 Å². The Morgan fingerprint density at radius 3 is 3.04 bits per heavy atom. The van der Waals surface area contributed by atoms with E-state index in [2.05, 4.69) is 24.1 Å². The SMILES string of the molecule is CC1CCCC(NC(=O)c2cccc(OCc3cscn3)c2)C1C. The lowest BCUT2D eigenvalue weighted by molar-refractivity contribution is 0.0890. The number of hydrogen-bond donors (Lipinski definition) is 1. The third kappa shape index (κ3) is 4.15. The van der Waals surface area contributed by atoms with E-state index in [4.69, 9.17) is 4.74 Å². The number of carbonyl (C=O) groups is 1. The Hall–Kier alpha value is -1.88. The van der Waals surface area contributed by atoms with Crippen LogP contribution < -0.4 is 10.1 Å². The molecule has 1 amide bonds. The molecule has 1 aromatic carbocycles. The van der Waals surface area contributed by atoms with Gasteiger partial charge in [-0.15, -0.1) is 11.3 Å². The molecule has 0 spiro atoms. The van der Waals surface area contributed by atoms with E-state index >= 15 is 0 Å². The Balaban J connectivity index is 1.61. The maximum atomic E-state index is 12.6. The van der Waals surface area contributed by atoms with Gasteiger partial charge in [-0.2, -0.15) is 0 Å². The smallest absolute Gasteiger partial charge is 0.251 e. The second kappa shape index (κ2) is 7.79. The fourth-order valence-electron chi connectivity index (χ4n) is 3.23. The number of rotatable bonds is 5. The van der Waals surface area contributed by atoms with Gasteiger partial charge in [0.2, 0.25) is 0 Å². The number of amides is 1. The summed E-state index contributed by atoms with van der Waals surface area (Å²) >= 11 is 1.55. The van der Waals surface area contributed by atoms with Crippen LogP contribution in [0.3, 0.4) is 0 Å². The maximum absolute atomic E-state index is 12.6. The topological polar surface area (TPSA) is 51.2 Å². The van der Waals surface area contributed by atoms with E-state index in [0.717, 1.165) is 12.1 Å². The number of nitrogens with zero attached hydrogens (tertiary/aromatic N) is 1. The lowest BCUT2D eigenvalue weighted by atomic mass is 9.78. The second-order valence-corrected chi connectivity index (χ2v) is 7.36. The highest BCUT2D eigenvalue weighted by Crippen LogP contribution is 2.29. The summed E-state index contributed by atoms with van der Waals surface area (Å²) in [4.78, 5) is 16.8. The number of hydrogen-bond acceptors (Lipinski definition) is 4. The third-order valence-electron chi connectivity index (χ3n) is 4.99. The van der Waals surface area contributed by atoms with Crippen molar-refractivity contribution >= 4 is 17.2 Å². The van der Waals surface area contributed by atoms with Crippen LogP contribution in [0.5, 0.6) is 5.75 Å². The van der Waals surface area contributed by atoms with Gasteiger partial charge in [-0.3, -0.25) is 4.79 Å². The summed E-state index contributed by atoms with van der Waals surface area (Å²) in [6.07, 6.45) is 3.51. The highest BCUT2D eigenvalue weighted by atomic mass is 32.1. The molecule has 3 unspecified atom stereocenters. The third-order valence-corrected chi connectivity index (χ3v) is 5.63. The van der Waals surface area contributed by atoms with Gasteiger partial charge in [0.15, 0.2) is 0 Å². The standard InChI is InChI=1S/C19H24N2O2S/c1-13-5-3-8-18(14(13)2)21-19(22)15-6-4-7-17(9-15)23-10-16-11-24-12-20-16/h4,6-7,9,11-14,18H,3,5,8,10H2,1-2H3,(H,21,22). The average molecular weight is 344 g/mol. The molecule has 0 aliphatic heterocycles.